The quantitative estimate of drug-likeness (QED) is 0.0862. The Balaban J connectivity index is 1.16. The van der Waals surface area contributed by atoms with E-state index >= 15 is 0 Å². The highest BCUT2D eigenvalue weighted by Crippen LogP contribution is 2.41. The second-order valence-electron chi connectivity index (χ2n) is 12.4. The van der Waals surface area contributed by atoms with Crippen molar-refractivity contribution < 1.29 is 47.7 Å². The molecule has 16 nitrogen and oxygen atoms in total. The van der Waals surface area contributed by atoms with E-state index in [4.69, 9.17) is 28.7 Å². The van der Waals surface area contributed by atoms with E-state index in [0.29, 0.717) is 24.6 Å². The van der Waals surface area contributed by atoms with Crippen LogP contribution in [0.3, 0.4) is 0 Å². The average molecular weight is 722 g/mol. The van der Waals surface area contributed by atoms with Crippen LogP contribution in [0.4, 0.5) is 4.79 Å². The molecule has 5 rings (SSSR count). The lowest BCUT2D eigenvalue weighted by atomic mass is 9.85. The third-order valence-electron chi connectivity index (χ3n) is 8.70. The van der Waals surface area contributed by atoms with Crippen LogP contribution in [0, 0.1) is 0 Å². The van der Waals surface area contributed by atoms with Gasteiger partial charge in [-0.25, -0.2) is 19.4 Å². The summed E-state index contributed by atoms with van der Waals surface area (Å²) in [5, 5.41) is 8.35. The van der Waals surface area contributed by atoms with Crippen molar-refractivity contribution in [2.75, 3.05) is 39.6 Å². The minimum Gasteiger partial charge on any atom is -0.457 e. The van der Waals surface area contributed by atoms with Crippen LogP contribution in [0.15, 0.2) is 41.2 Å². The van der Waals surface area contributed by atoms with Crippen LogP contribution in [0.5, 0.6) is 0 Å². The average Bonchev–Trinajstić information content (AvgIpc) is 3.49. The summed E-state index contributed by atoms with van der Waals surface area (Å²) in [5.74, 6) is -3.10. The predicted octanol–water partition coefficient (Wildman–Crippen LogP) is 1.81. The van der Waals surface area contributed by atoms with Crippen LogP contribution in [-0.4, -0.2) is 91.1 Å². The second-order valence-corrected chi connectivity index (χ2v) is 12.4. The summed E-state index contributed by atoms with van der Waals surface area (Å²) in [6.07, 6.45) is 0.169. The first kappa shape index (κ1) is 37.9. The fourth-order valence-electron chi connectivity index (χ4n) is 5.97. The summed E-state index contributed by atoms with van der Waals surface area (Å²) in [6, 6.07) is 8.90. The molecule has 0 saturated carbocycles. The number of carbonyl (C=O) groups excluding carboxylic acids is 5. The number of esters is 2. The van der Waals surface area contributed by atoms with Gasteiger partial charge in [-0.05, 0) is 44.9 Å². The third kappa shape index (κ3) is 8.23. The number of fused-ring (bicyclic) bond motifs is 5. The number of alkyl carbamates (subject to hydrolysis) is 1. The van der Waals surface area contributed by atoms with E-state index in [1.807, 2.05) is 37.3 Å². The molecule has 1 aromatic carbocycles. The molecule has 3 atom stereocenters. The molecule has 52 heavy (non-hydrogen) atoms. The Hall–Kier alpha value is -5.35. The molecule has 3 amide bonds. The highest BCUT2D eigenvalue weighted by Gasteiger charge is 2.51. The summed E-state index contributed by atoms with van der Waals surface area (Å²) in [7, 11) is 0. The van der Waals surface area contributed by atoms with Crippen molar-refractivity contribution in [3.63, 3.8) is 0 Å². The number of amides is 3. The lowest BCUT2D eigenvalue weighted by molar-refractivity contribution is -0.190. The highest BCUT2D eigenvalue weighted by atomic mass is 16.6. The van der Waals surface area contributed by atoms with Crippen molar-refractivity contribution in [1.82, 2.24) is 25.5 Å². The van der Waals surface area contributed by atoms with Crippen molar-refractivity contribution in [1.29, 1.82) is 0 Å². The molecule has 2 aliphatic heterocycles. The van der Waals surface area contributed by atoms with Gasteiger partial charge in [-0.15, -0.1) is 0 Å². The zero-order valence-electron chi connectivity index (χ0n) is 29.6. The van der Waals surface area contributed by atoms with Crippen LogP contribution in [-0.2, 0) is 61.6 Å². The van der Waals surface area contributed by atoms with Crippen LogP contribution in [0.1, 0.15) is 57.2 Å². The number of ether oxygens (including phenoxy) is 5. The molecular formula is C36H43N5O11. The number of benzene rings is 1. The number of pyridine rings is 2. The smallest absolute Gasteiger partial charge is 0.407 e. The summed E-state index contributed by atoms with van der Waals surface area (Å²) in [5.41, 5.74) is 0.731. The molecule has 0 fully saturated rings. The van der Waals surface area contributed by atoms with Gasteiger partial charge < -0.3 is 44.2 Å². The Labute approximate surface area is 299 Å². The molecule has 2 unspecified atom stereocenters. The summed E-state index contributed by atoms with van der Waals surface area (Å²) in [4.78, 5) is 82.2. The molecule has 2 aliphatic rings. The van der Waals surface area contributed by atoms with Gasteiger partial charge in [0, 0.05) is 29.7 Å². The predicted molar refractivity (Wildman–Crippen MR) is 185 cm³/mol. The topological polar surface area (TPSA) is 202 Å². The molecule has 3 aromatic rings. The first-order valence-electron chi connectivity index (χ1n) is 17.2. The standard InChI is InChI=1S/C36H43N5O11/c1-5-12-48-14-15-50-35(47)37-11-13-49-20-29(42)38-21(3)31(43)39-22(4)33(45)52-36(6-2)26-17-28-30-24(16-23-9-7-8-10-27(23)40-30)18-41(28)32(44)25(26)19-51-34(36)46/h7-10,16-17,21-22H,5-6,11-15,18-20H2,1-4H3,(H,37,47)(H,38,42)(H,39,43)/t21?,22?,36-/m0/s1. The number of cyclic esters (lactones) is 1. The Bertz CT molecular complexity index is 1910. The van der Waals surface area contributed by atoms with Gasteiger partial charge in [0.25, 0.3) is 5.56 Å². The molecule has 3 N–H and O–H groups in total. The maximum atomic E-state index is 13.8. The Kier molecular flexibility index (Phi) is 12.2. The summed E-state index contributed by atoms with van der Waals surface area (Å²) >= 11 is 0. The minimum absolute atomic E-state index is 0.0122. The Morgan fingerprint density at radius 2 is 1.77 bits per heavy atom. The molecular weight excluding hydrogens is 678 g/mol. The molecule has 0 spiro atoms. The SMILES string of the molecule is CCCOCCOC(=O)NCCOCC(=O)NC(C)C(=O)NC(C)C(=O)O[C@]1(CC)C(=O)OCc2c1cc1n(c2=O)Cc2cc3ccccc3nc2-1. The lowest BCUT2D eigenvalue weighted by Gasteiger charge is -2.36. The highest BCUT2D eigenvalue weighted by molar-refractivity contribution is 5.92. The van der Waals surface area contributed by atoms with E-state index in [1.165, 1.54) is 13.8 Å². The van der Waals surface area contributed by atoms with Gasteiger partial charge in [-0.1, -0.05) is 32.0 Å². The van der Waals surface area contributed by atoms with Crippen LogP contribution in [0.2, 0.25) is 0 Å². The first-order chi connectivity index (χ1) is 25.0. The van der Waals surface area contributed by atoms with E-state index in [2.05, 4.69) is 16.0 Å². The Morgan fingerprint density at radius 1 is 0.981 bits per heavy atom. The number of nitrogens with zero attached hydrogens (tertiary/aromatic N) is 2. The molecule has 2 aromatic heterocycles. The maximum absolute atomic E-state index is 13.8. The van der Waals surface area contributed by atoms with Gasteiger partial charge in [-0.3, -0.25) is 14.4 Å². The van der Waals surface area contributed by atoms with E-state index in [0.717, 1.165) is 22.9 Å². The van der Waals surface area contributed by atoms with E-state index in [9.17, 15) is 28.8 Å². The van der Waals surface area contributed by atoms with Gasteiger partial charge >= 0.3 is 18.0 Å². The number of nitrogens with one attached hydrogen (secondary N) is 3. The Morgan fingerprint density at radius 3 is 2.54 bits per heavy atom. The zero-order valence-corrected chi connectivity index (χ0v) is 29.6. The molecule has 0 saturated heterocycles. The van der Waals surface area contributed by atoms with Crippen molar-refractivity contribution in [2.24, 2.45) is 0 Å². The van der Waals surface area contributed by atoms with E-state index < -0.39 is 54.1 Å². The molecule has 0 radical (unpaired) electrons. The number of para-hydroxylation sites is 1. The summed E-state index contributed by atoms with van der Waals surface area (Å²) < 4.78 is 28.2. The molecule has 278 valence electrons. The molecule has 4 heterocycles. The van der Waals surface area contributed by atoms with Crippen molar-refractivity contribution in [2.45, 2.75) is 71.4 Å². The van der Waals surface area contributed by atoms with E-state index in [-0.39, 0.29) is 56.0 Å². The van der Waals surface area contributed by atoms with E-state index in [1.54, 1.807) is 17.6 Å². The first-order valence-corrected chi connectivity index (χ1v) is 17.2. The van der Waals surface area contributed by atoms with Crippen LogP contribution < -0.4 is 21.5 Å². The summed E-state index contributed by atoms with van der Waals surface area (Å²) in [6.45, 7) is 7.08. The maximum Gasteiger partial charge on any atom is 0.407 e. The number of hydrogen-bond acceptors (Lipinski definition) is 12. The minimum atomic E-state index is -1.95. The van der Waals surface area contributed by atoms with Gasteiger partial charge in [0.2, 0.25) is 17.4 Å². The second kappa shape index (κ2) is 16.8. The number of carbonyl (C=O) groups is 5. The molecule has 16 heteroatoms. The monoisotopic (exact) mass is 721 g/mol. The van der Waals surface area contributed by atoms with Gasteiger partial charge in [0.1, 0.15) is 31.9 Å². The van der Waals surface area contributed by atoms with Crippen LogP contribution >= 0.6 is 0 Å². The zero-order chi connectivity index (χ0) is 37.4. The van der Waals surface area contributed by atoms with Gasteiger partial charge in [-0.2, -0.15) is 0 Å². The number of hydrogen-bond donors (Lipinski definition) is 3. The van der Waals surface area contributed by atoms with Gasteiger partial charge in [0.15, 0.2) is 0 Å². The van der Waals surface area contributed by atoms with Crippen LogP contribution in [0.25, 0.3) is 22.3 Å². The fraction of sp³-hybridized carbons (Fsp3) is 0.472. The fourth-order valence-corrected chi connectivity index (χ4v) is 5.97. The molecule has 0 bridgehead atoms. The van der Waals surface area contributed by atoms with Crippen molar-refractivity contribution in [3.05, 3.63) is 63.4 Å². The largest absolute Gasteiger partial charge is 0.457 e. The molecule has 0 aliphatic carbocycles. The normalized spacial score (nSPS) is 16.8. The van der Waals surface area contributed by atoms with Gasteiger partial charge in [0.05, 0.1) is 42.2 Å². The lowest BCUT2D eigenvalue weighted by Crippen LogP contribution is -2.53. The number of aromatic nitrogens is 2. The third-order valence-corrected chi connectivity index (χ3v) is 8.70. The van der Waals surface area contributed by atoms with Crippen molar-refractivity contribution in [3.8, 4) is 11.4 Å². The number of rotatable bonds is 16. The van der Waals surface area contributed by atoms with Crippen molar-refractivity contribution >= 4 is 40.7 Å².